The van der Waals surface area contributed by atoms with Crippen molar-refractivity contribution < 1.29 is 22.7 Å². The largest absolute Gasteiger partial charge is 0.496 e. The number of nitrogens with zero attached hydrogens (tertiary/aromatic N) is 2. The summed E-state index contributed by atoms with van der Waals surface area (Å²) in [6.45, 7) is 4.84. The van der Waals surface area contributed by atoms with Crippen molar-refractivity contribution in [1.82, 2.24) is 4.31 Å². The summed E-state index contributed by atoms with van der Waals surface area (Å²) in [5.74, 6) is 0.551. The molecule has 1 aliphatic rings. The molecule has 1 heterocycles. The summed E-state index contributed by atoms with van der Waals surface area (Å²) in [5.41, 5.74) is 2.99. The molecule has 192 valence electrons. The van der Waals surface area contributed by atoms with Gasteiger partial charge in [0.05, 0.1) is 12.0 Å². The fourth-order valence-corrected chi connectivity index (χ4v) is 6.38. The maximum absolute atomic E-state index is 14.0. The van der Waals surface area contributed by atoms with E-state index < -0.39 is 10.0 Å². The Kier molecular flexibility index (Phi) is 9.71. The summed E-state index contributed by atoms with van der Waals surface area (Å²) >= 11 is 0. The van der Waals surface area contributed by atoms with Gasteiger partial charge >= 0.3 is 0 Å². The van der Waals surface area contributed by atoms with Crippen molar-refractivity contribution in [3.63, 3.8) is 0 Å². The van der Waals surface area contributed by atoms with Gasteiger partial charge < -0.3 is 14.4 Å². The van der Waals surface area contributed by atoms with Gasteiger partial charge in [-0.25, -0.2) is 8.42 Å². The predicted octanol–water partition coefficient (Wildman–Crippen LogP) is 4.84. The molecule has 1 aliphatic heterocycles. The summed E-state index contributed by atoms with van der Waals surface area (Å²) in [4.78, 5) is 15.0. The molecule has 1 amide bonds. The van der Waals surface area contributed by atoms with Gasteiger partial charge in [-0.2, -0.15) is 4.31 Å². The average Bonchev–Trinajstić information content (AvgIpc) is 2.85. The number of benzene rings is 2. The Balaban J connectivity index is 2.05. The van der Waals surface area contributed by atoms with Gasteiger partial charge in [-0.05, 0) is 61.6 Å². The average molecular weight is 503 g/mol. The Labute approximate surface area is 210 Å². The molecule has 2 aromatic rings. The highest BCUT2D eigenvalue weighted by atomic mass is 32.2. The first kappa shape index (κ1) is 27.2. The summed E-state index contributed by atoms with van der Waals surface area (Å²) in [5, 5.41) is 0. The first-order valence-electron chi connectivity index (χ1n) is 12.3. The molecule has 7 nitrogen and oxygen atoms in total. The second-order valence-corrected chi connectivity index (χ2v) is 11.1. The van der Waals surface area contributed by atoms with Crippen LogP contribution in [0, 0.1) is 13.8 Å². The molecule has 0 saturated heterocycles. The van der Waals surface area contributed by atoms with Gasteiger partial charge in [0.15, 0.2) is 0 Å². The highest BCUT2D eigenvalue weighted by molar-refractivity contribution is 7.89. The third kappa shape index (κ3) is 6.63. The number of rotatable bonds is 5. The van der Waals surface area contributed by atoms with E-state index in [-0.39, 0.29) is 19.1 Å². The molecule has 0 radical (unpaired) electrons. The van der Waals surface area contributed by atoms with E-state index in [2.05, 4.69) is 0 Å². The molecule has 35 heavy (non-hydrogen) atoms. The van der Waals surface area contributed by atoms with Gasteiger partial charge in [0.1, 0.15) is 12.4 Å². The molecule has 0 bridgehead atoms. The Bertz CT molecular complexity index is 1120. The van der Waals surface area contributed by atoms with Gasteiger partial charge in [-0.3, -0.25) is 4.79 Å². The van der Waals surface area contributed by atoms with Gasteiger partial charge in [-0.15, -0.1) is 0 Å². The number of para-hydroxylation sites is 1. The molecule has 0 unspecified atom stereocenters. The zero-order chi connectivity index (χ0) is 25.4. The molecule has 8 heteroatoms. The second-order valence-electron chi connectivity index (χ2n) is 9.15. The highest BCUT2D eigenvalue weighted by Gasteiger charge is 2.29. The monoisotopic (exact) mass is 502 g/mol. The number of aryl methyl sites for hydroxylation is 2. The minimum Gasteiger partial charge on any atom is -0.496 e. The van der Waals surface area contributed by atoms with Crippen molar-refractivity contribution in [3.8, 4) is 5.75 Å². The van der Waals surface area contributed by atoms with E-state index >= 15 is 0 Å². The van der Waals surface area contributed by atoms with Crippen LogP contribution in [0.2, 0.25) is 0 Å². The molecule has 0 spiro atoms. The number of fused-ring (bicyclic) bond motifs is 1. The molecule has 0 fully saturated rings. The normalized spacial score (nSPS) is 16.5. The highest BCUT2D eigenvalue weighted by Crippen LogP contribution is 2.31. The van der Waals surface area contributed by atoms with E-state index in [0.717, 1.165) is 55.3 Å². The minimum absolute atomic E-state index is 0.0132. The van der Waals surface area contributed by atoms with E-state index in [9.17, 15) is 13.2 Å². The number of hydrogen-bond donors (Lipinski definition) is 0. The molecule has 0 saturated carbocycles. The quantitative estimate of drug-likeness (QED) is 0.585. The molecule has 0 aliphatic carbocycles. The SMILES string of the molecule is COCC(=O)N1CCCCCCCCN(S(=O)(=O)c2cc(C)c(OC)cc2C)Cc2ccccc21. The lowest BCUT2D eigenvalue weighted by molar-refractivity contribution is -0.122. The fourth-order valence-electron chi connectivity index (χ4n) is 4.63. The number of carbonyl (C=O) groups excluding carboxylic acids is 1. The number of carbonyl (C=O) groups is 1. The van der Waals surface area contributed by atoms with E-state index in [1.165, 1.54) is 7.11 Å². The Morgan fingerprint density at radius 1 is 0.914 bits per heavy atom. The Morgan fingerprint density at radius 3 is 2.26 bits per heavy atom. The third-order valence-corrected chi connectivity index (χ3v) is 8.53. The smallest absolute Gasteiger partial charge is 0.252 e. The molecular weight excluding hydrogens is 464 g/mol. The number of anilines is 1. The first-order valence-corrected chi connectivity index (χ1v) is 13.8. The van der Waals surface area contributed by atoms with Crippen molar-refractivity contribution in [1.29, 1.82) is 0 Å². The second kappa shape index (κ2) is 12.5. The standard InChI is InChI=1S/C27H38N2O5S/c1-21-18-26(22(2)17-25(21)34-4)35(31,32)28-15-11-7-5-6-8-12-16-29(27(30)20-33-3)24-14-10-9-13-23(24)19-28/h9-10,13-14,17-18H,5-8,11-12,15-16,19-20H2,1-4H3. The molecule has 3 rings (SSSR count). The number of ether oxygens (including phenoxy) is 2. The van der Waals surface area contributed by atoms with Crippen LogP contribution in [0.1, 0.15) is 55.2 Å². The van der Waals surface area contributed by atoms with Crippen LogP contribution in [-0.4, -0.2) is 52.5 Å². The lowest BCUT2D eigenvalue weighted by Gasteiger charge is -2.28. The van der Waals surface area contributed by atoms with Crippen LogP contribution in [0.5, 0.6) is 5.75 Å². The molecule has 0 aromatic heterocycles. The number of hydrogen-bond acceptors (Lipinski definition) is 5. The topological polar surface area (TPSA) is 76.2 Å². The van der Waals surface area contributed by atoms with Crippen LogP contribution in [0.4, 0.5) is 5.69 Å². The molecule has 0 atom stereocenters. The van der Waals surface area contributed by atoms with Crippen LogP contribution in [0.25, 0.3) is 0 Å². The molecular formula is C27H38N2O5S. The summed E-state index contributed by atoms with van der Waals surface area (Å²) in [6, 6.07) is 11.1. The number of methoxy groups -OCH3 is 2. The zero-order valence-corrected chi connectivity index (χ0v) is 22.2. The van der Waals surface area contributed by atoms with E-state index in [1.54, 1.807) is 35.4 Å². The summed E-state index contributed by atoms with van der Waals surface area (Å²) in [7, 11) is -0.681. The summed E-state index contributed by atoms with van der Waals surface area (Å²) < 4.78 is 40.0. The van der Waals surface area contributed by atoms with Crippen molar-refractivity contribution in [2.45, 2.75) is 63.8 Å². The van der Waals surface area contributed by atoms with Crippen LogP contribution >= 0.6 is 0 Å². The number of sulfonamides is 1. The van der Waals surface area contributed by atoms with Gasteiger partial charge in [0.25, 0.3) is 5.91 Å². The Hall–Kier alpha value is -2.42. The van der Waals surface area contributed by atoms with Gasteiger partial charge in [0.2, 0.25) is 10.0 Å². The van der Waals surface area contributed by atoms with E-state index in [1.807, 2.05) is 31.2 Å². The van der Waals surface area contributed by atoms with Crippen LogP contribution < -0.4 is 9.64 Å². The van der Waals surface area contributed by atoms with Crippen molar-refractivity contribution in [3.05, 3.63) is 53.1 Å². The lowest BCUT2D eigenvalue weighted by atomic mass is 10.1. The maximum Gasteiger partial charge on any atom is 0.252 e. The first-order chi connectivity index (χ1) is 16.8. The van der Waals surface area contributed by atoms with Gasteiger partial charge in [0, 0.05) is 32.4 Å². The summed E-state index contributed by atoms with van der Waals surface area (Å²) in [6.07, 6.45) is 5.81. The number of amides is 1. The van der Waals surface area contributed by atoms with E-state index in [4.69, 9.17) is 9.47 Å². The van der Waals surface area contributed by atoms with Gasteiger partial charge in [-0.1, -0.05) is 43.9 Å². The molecule has 0 N–H and O–H groups in total. The maximum atomic E-state index is 14.0. The predicted molar refractivity (Wildman–Crippen MR) is 138 cm³/mol. The van der Waals surface area contributed by atoms with Crippen LogP contribution in [-0.2, 0) is 26.1 Å². The Morgan fingerprint density at radius 2 is 1.57 bits per heavy atom. The minimum atomic E-state index is -3.78. The van der Waals surface area contributed by atoms with Crippen LogP contribution in [0.3, 0.4) is 0 Å². The zero-order valence-electron chi connectivity index (χ0n) is 21.4. The van der Waals surface area contributed by atoms with Crippen molar-refractivity contribution in [2.24, 2.45) is 0 Å². The van der Waals surface area contributed by atoms with E-state index in [0.29, 0.717) is 29.3 Å². The fraction of sp³-hybridized carbons (Fsp3) is 0.519. The van der Waals surface area contributed by atoms with Crippen molar-refractivity contribution >= 4 is 21.6 Å². The lowest BCUT2D eigenvalue weighted by Crippen LogP contribution is -2.37. The molecule has 2 aromatic carbocycles. The third-order valence-electron chi connectivity index (χ3n) is 6.55. The van der Waals surface area contributed by atoms with Crippen molar-refractivity contribution in [2.75, 3.05) is 38.8 Å². The van der Waals surface area contributed by atoms with Crippen LogP contribution in [0.15, 0.2) is 41.3 Å².